The van der Waals surface area contributed by atoms with Gasteiger partial charge >= 0.3 is 0 Å². The molecule has 2 aromatic carbocycles. The second-order valence-electron chi connectivity index (χ2n) is 12.4. The predicted octanol–water partition coefficient (Wildman–Crippen LogP) is 3.51. The van der Waals surface area contributed by atoms with Gasteiger partial charge in [-0.1, -0.05) is 24.3 Å². The second-order valence-corrected chi connectivity index (χ2v) is 12.4. The summed E-state index contributed by atoms with van der Waals surface area (Å²) in [7, 11) is 0. The molecule has 4 amide bonds. The van der Waals surface area contributed by atoms with Crippen LogP contribution in [0, 0.1) is 6.92 Å². The van der Waals surface area contributed by atoms with Crippen molar-refractivity contribution in [2.45, 2.75) is 57.7 Å². The molecule has 3 fully saturated rings. The number of fused-ring (bicyclic) bond motifs is 2. The average molecular weight is 656 g/mol. The first-order valence-electron chi connectivity index (χ1n) is 15.5. The van der Waals surface area contributed by atoms with Crippen LogP contribution >= 0.6 is 24.8 Å². The van der Waals surface area contributed by atoms with Gasteiger partial charge in [0.15, 0.2) is 0 Å². The van der Waals surface area contributed by atoms with Crippen LogP contribution in [0.3, 0.4) is 0 Å². The normalized spacial score (nSPS) is 20.9. The number of halogens is 2. The van der Waals surface area contributed by atoms with Gasteiger partial charge in [0.25, 0.3) is 11.8 Å². The molecule has 1 aromatic heterocycles. The van der Waals surface area contributed by atoms with E-state index in [1.807, 2.05) is 24.0 Å². The molecule has 3 saturated heterocycles. The number of hydrogen-bond acceptors (Lipinski definition) is 6. The highest BCUT2D eigenvalue weighted by Crippen LogP contribution is 2.34. The van der Waals surface area contributed by atoms with E-state index in [0.717, 1.165) is 67.6 Å². The lowest BCUT2D eigenvalue weighted by Gasteiger charge is -2.32. The van der Waals surface area contributed by atoms with Gasteiger partial charge in [0.2, 0.25) is 11.8 Å². The highest BCUT2D eigenvalue weighted by molar-refractivity contribution is 6.05. The van der Waals surface area contributed by atoms with E-state index in [2.05, 4.69) is 44.8 Å². The molecule has 0 saturated carbocycles. The van der Waals surface area contributed by atoms with Gasteiger partial charge in [-0.05, 0) is 66.5 Å². The van der Waals surface area contributed by atoms with E-state index >= 15 is 0 Å². The monoisotopic (exact) mass is 654 g/mol. The van der Waals surface area contributed by atoms with Crippen molar-refractivity contribution in [3.63, 3.8) is 0 Å². The molecule has 5 heterocycles. The number of rotatable bonds is 5. The number of carbonyl (C=O) groups is 4. The summed E-state index contributed by atoms with van der Waals surface area (Å²) in [6.45, 7) is 8.80. The highest BCUT2D eigenvalue weighted by atomic mass is 35.5. The maximum Gasteiger partial charge on any atom is 0.270 e. The fraction of sp³-hybridized carbons (Fsp3) is 0.455. The molecule has 12 heteroatoms. The Kier molecular flexibility index (Phi) is 9.88. The van der Waals surface area contributed by atoms with Crippen LogP contribution in [0.4, 0.5) is 0 Å². The molecule has 0 bridgehead atoms. The summed E-state index contributed by atoms with van der Waals surface area (Å²) in [5, 5.41) is 6.86. The van der Waals surface area contributed by atoms with Gasteiger partial charge in [0, 0.05) is 75.2 Å². The maximum atomic E-state index is 13.6. The number of carbonyl (C=O) groups excluding carboxylic acids is 4. The zero-order valence-corrected chi connectivity index (χ0v) is 27.0. The zero-order valence-electron chi connectivity index (χ0n) is 25.4. The van der Waals surface area contributed by atoms with Crippen molar-refractivity contribution >= 4 is 59.3 Å². The van der Waals surface area contributed by atoms with Crippen molar-refractivity contribution in [2.24, 2.45) is 0 Å². The Hall–Kier alpha value is -3.44. The number of imide groups is 1. The average Bonchev–Trinajstić information content (AvgIpc) is 3.52. The van der Waals surface area contributed by atoms with Crippen molar-refractivity contribution in [1.82, 2.24) is 30.3 Å². The SMILES string of the molecule is Cc1c(C(=O)N2CCC(c3ccc4c(c3)CN(C3CCC(=O)NC3=O)C4=O)CC2)[nH]c2cc(CN3CCNCC3)ccc12.Cl.Cl. The Bertz CT molecular complexity index is 1630. The summed E-state index contributed by atoms with van der Waals surface area (Å²) >= 11 is 0. The van der Waals surface area contributed by atoms with Crippen LogP contribution in [0.1, 0.15) is 74.7 Å². The van der Waals surface area contributed by atoms with Crippen LogP contribution in [0.5, 0.6) is 0 Å². The Morgan fingerprint density at radius 3 is 2.42 bits per heavy atom. The molecule has 0 radical (unpaired) electrons. The van der Waals surface area contributed by atoms with Crippen LogP contribution in [0.15, 0.2) is 36.4 Å². The number of aromatic amines is 1. The summed E-state index contributed by atoms with van der Waals surface area (Å²) in [4.78, 5) is 60.1. The number of H-pyrrole nitrogens is 1. The molecule has 4 aliphatic rings. The lowest BCUT2D eigenvalue weighted by atomic mass is 9.87. The lowest BCUT2D eigenvalue weighted by Crippen LogP contribution is -2.52. The molecule has 10 nitrogen and oxygen atoms in total. The summed E-state index contributed by atoms with van der Waals surface area (Å²) in [6, 6.07) is 11.9. The molecule has 0 spiro atoms. The van der Waals surface area contributed by atoms with E-state index in [0.29, 0.717) is 43.2 Å². The van der Waals surface area contributed by atoms with E-state index in [9.17, 15) is 19.2 Å². The van der Waals surface area contributed by atoms with Crippen molar-refractivity contribution in [2.75, 3.05) is 39.3 Å². The summed E-state index contributed by atoms with van der Waals surface area (Å²) in [6.07, 6.45) is 2.30. The zero-order chi connectivity index (χ0) is 29.7. The van der Waals surface area contributed by atoms with Gasteiger partial charge in [0.1, 0.15) is 11.7 Å². The molecule has 3 aromatic rings. The van der Waals surface area contributed by atoms with Crippen molar-refractivity contribution in [3.8, 4) is 0 Å². The van der Waals surface area contributed by atoms with Crippen LogP contribution in [0.25, 0.3) is 10.9 Å². The molecule has 45 heavy (non-hydrogen) atoms. The summed E-state index contributed by atoms with van der Waals surface area (Å²) in [5.74, 6) is -0.481. The smallest absolute Gasteiger partial charge is 0.270 e. The van der Waals surface area contributed by atoms with Gasteiger partial charge in [-0.15, -0.1) is 24.8 Å². The number of piperidine rings is 2. The van der Waals surface area contributed by atoms with E-state index in [4.69, 9.17) is 0 Å². The first-order valence-corrected chi connectivity index (χ1v) is 15.5. The fourth-order valence-corrected chi connectivity index (χ4v) is 7.25. The van der Waals surface area contributed by atoms with Crippen molar-refractivity contribution < 1.29 is 19.2 Å². The van der Waals surface area contributed by atoms with Crippen LogP contribution < -0.4 is 10.6 Å². The number of aryl methyl sites for hydroxylation is 1. The minimum Gasteiger partial charge on any atom is -0.350 e. The predicted molar refractivity (Wildman–Crippen MR) is 176 cm³/mol. The minimum atomic E-state index is -0.609. The minimum absolute atomic E-state index is 0. The molecule has 0 aliphatic carbocycles. The van der Waals surface area contributed by atoms with Crippen LogP contribution in [-0.2, 0) is 22.7 Å². The Morgan fingerprint density at radius 1 is 0.933 bits per heavy atom. The molecule has 240 valence electrons. The van der Waals surface area contributed by atoms with Crippen molar-refractivity contribution in [3.05, 3.63) is 69.9 Å². The Labute approximate surface area is 275 Å². The molecular formula is C33H40Cl2N6O4. The van der Waals surface area contributed by atoms with Gasteiger partial charge in [-0.25, -0.2) is 0 Å². The molecule has 4 aliphatic heterocycles. The fourth-order valence-electron chi connectivity index (χ4n) is 7.25. The van der Waals surface area contributed by atoms with Gasteiger partial charge in [-0.3, -0.25) is 29.4 Å². The number of hydrogen-bond donors (Lipinski definition) is 3. The van der Waals surface area contributed by atoms with Crippen LogP contribution in [0.2, 0.25) is 0 Å². The molecule has 3 N–H and O–H groups in total. The number of benzene rings is 2. The van der Waals surface area contributed by atoms with Crippen molar-refractivity contribution in [1.29, 1.82) is 0 Å². The van der Waals surface area contributed by atoms with Gasteiger partial charge in [0.05, 0.1) is 0 Å². The second kappa shape index (κ2) is 13.5. The number of likely N-dealkylation sites (tertiary alicyclic amines) is 1. The topological polar surface area (TPSA) is 118 Å². The maximum absolute atomic E-state index is 13.6. The third kappa shape index (κ3) is 6.34. The molecule has 7 rings (SSSR count). The third-order valence-electron chi connectivity index (χ3n) is 9.75. The first-order chi connectivity index (χ1) is 20.9. The van der Waals surface area contributed by atoms with E-state index in [-0.39, 0.29) is 49.0 Å². The largest absolute Gasteiger partial charge is 0.350 e. The van der Waals surface area contributed by atoms with E-state index in [1.54, 1.807) is 4.90 Å². The number of nitrogens with one attached hydrogen (secondary N) is 3. The Morgan fingerprint density at radius 2 is 1.69 bits per heavy atom. The Balaban J connectivity index is 0.00000200. The van der Waals surface area contributed by atoms with E-state index in [1.165, 1.54) is 11.1 Å². The van der Waals surface area contributed by atoms with E-state index < -0.39 is 11.9 Å². The number of aromatic nitrogens is 1. The standard InChI is InChI=1S/C33H38N6O4.2ClH/c1-20-25-4-2-21(18-37-14-10-34-11-15-37)16-27(25)35-30(20)33(43)38-12-8-22(9-13-38)23-3-5-26-24(17-23)19-39(32(26)42)28-6-7-29(40)36-31(28)41;;/h2-5,16-17,22,28,34-35H,6-15,18-19H2,1H3,(H,36,40,41);2*1H. The summed E-state index contributed by atoms with van der Waals surface area (Å²) < 4.78 is 0. The van der Waals surface area contributed by atoms with Crippen LogP contribution in [-0.4, -0.2) is 88.6 Å². The summed E-state index contributed by atoms with van der Waals surface area (Å²) in [5.41, 5.74) is 6.68. The lowest BCUT2D eigenvalue weighted by molar-refractivity contribution is -0.136. The molecule has 1 atom stereocenters. The number of piperazine rings is 1. The van der Waals surface area contributed by atoms with Gasteiger partial charge in [-0.2, -0.15) is 0 Å². The molecule has 1 unspecified atom stereocenters. The third-order valence-corrected chi connectivity index (χ3v) is 9.75. The first kappa shape index (κ1) is 32.9. The highest BCUT2D eigenvalue weighted by Gasteiger charge is 2.39. The number of nitrogens with zero attached hydrogens (tertiary/aromatic N) is 3. The molecular weight excluding hydrogens is 615 g/mol. The van der Waals surface area contributed by atoms with Gasteiger partial charge < -0.3 is 20.1 Å². The number of amides is 4. The quantitative estimate of drug-likeness (QED) is 0.363.